The van der Waals surface area contributed by atoms with Crippen LogP contribution in [0, 0.1) is 0 Å². The van der Waals surface area contributed by atoms with Gasteiger partial charge in [-0.1, -0.05) is 115 Å². The van der Waals surface area contributed by atoms with Crippen molar-refractivity contribution in [3.63, 3.8) is 0 Å². The average Bonchev–Trinajstić information content (AvgIpc) is 3.41. The van der Waals surface area contributed by atoms with Crippen molar-refractivity contribution in [3.05, 3.63) is 146 Å². The van der Waals surface area contributed by atoms with Crippen molar-refractivity contribution in [2.75, 3.05) is 0 Å². The van der Waals surface area contributed by atoms with Crippen LogP contribution >= 0.6 is 0 Å². The van der Waals surface area contributed by atoms with E-state index in [-0.39, 0.29) is 0 Å². The van der Waals surface area contributed by atoms with Crippen LogP contribution in [0.25, 0.3) is 71.6 Å². The lowest BCUT2D eigenvalue weighted by atomic mass is 9.92. The summed E-state index contributed by atoms with van der Waals surface area (Å²) in [7, 11) is 0. The fourth-order valence-corrected chi connectivity index (χ4v) is 5.97. The van der Waals surface area contributed by atoms with E-state index in [1.807, 2.05) is 6.07 Å². The molecule has 0 amide bonds. The lowest BCUT2D eigenvalue weighted by Gasteiger charge is -2.12. The number of hydrogen-bond acceptors (Lipinski definition) is 1. The smallest absolute Gasteiger partial charge is 0.145 e. The molecule has 2 heteroatoms. The van der Waals surface area contributed by atoms with E-state index in [1.54, 1.807) is 0 Å². The fourth-order valence-electron chi connectivity index (χ4n) is 5.97. The Labute approximate surface area is 226 Å². The quantitative estimate of drug-likeness (QED) is 0.223. The highest BCUT2D eigenvalue weighted by molar-refractivity contribution is 6.25. The first kappa shape index (κ1) is 21.8. The van der Waals surface area contributed by atoms with Crippen molar-refractivity contribution < 1.29 is 0 Å². The van der Waals surface area contributed by atoms with E-state index in [0.29, 0.717) is 0 Å². The van der Waals surface area contributed by atoms with Gasteiger partial charge in [0.25, 0.3) is 0 Å². The number of aromatic nitrogens is 2. The second kappa shape index (κ2) is 8.68. The summed E-state index contributed by atoms with van der Waals surface area (Å²) in [6, 6.07) is 51.9. The molecule has 7 aromatic carbocycles. The third kappa shape index (κ3) is 3.46. The van der Waals surface area contributed by atoms with Gasteiger partial charge in [-0.05, 0) is 73.8 Å². The number of hydrogen-bond donors (Lipinski definition) is 0. The van der Waals surface area contributed by atoms with Gasteiger partial charge in [0.15, 0.2) is 0 Å². The minimum Gasteiger partial charge on any atom is -0.292 e. The number of para-hydroxylation sites is 1. The van der Waals surface area contributed by atoms with Crippen molar-refractivity contribution in [1.29, 1.82) is 0 Å². The van der Waals surface area contributed by atoms with Crippen molar-refractivity contribution in [1.82, 2.24) is 9.55 Å². The Morgan fingerprint density at radius 2 is 0.897 bits per heavy atom. The Morgan fingerprint density at radius 3 is 1.56 bits per heavy atom. The first-order valence-corrected chi connectivity index (χ1v) is 13.3. The molecule has 0 saturated heterocycles. The minimum absolute atomic E-state index is 0.949. The van der Waals surface area contributed by atoms with Crippen molar-refractivity contribution in [2.45, 2.75) is 0 Å². The summed E-state index contributed by atoms with van der Waals surface area (Å²) in [6.07, 6.45) is 0. The van der Waals surface area contributed by atoms with Crippen LogP contribution in [0.4, 0.5) is 0 Å². The average molecular weight is 497 g/mol. The van der Waals surface area contributed by atoms with Gasteiger partial charge in [-0.3, -0.25) is 4.57 Å². The molecule has 0 atom stereocenters. The maximum Gasteiger partial charge on any atom is 0.145 e. The van der Waals surface area contributed by atoms with Crippen molar-refractivity contribution in [2.24, 2.45) is 0 Å². The lowest BCUT2D eigenvalue weighted by molar-refractivity contribution is 1.10. The normalized spacial score (nSPS) is 11.6. The first-order valence-electron chi connectivity index (χ1n) is 13.3. The van der Waals surface area contributed by atoms with E-state index < -0.39 is 0 Å². The molecule has 8 aromatic rings. The molecule has 1 aromatic heterocycles. The summed E-state index contributed by atoms with van der Waals surface area (Å²) in [6.45, 7) is 0. The summed E-state index contributed by atoms with van der Waals surface area (Å²) >= 11 is 0. The van der Waals surface area contributed by atoms with Gasteiger partial charge >= 0.3 is 0 Å². The van der Waals surface area contributed by atoms with Crippen LogP contribution < -0.4 is 0 Å². The highest BCUT2D eigenvalue weighted by Crippen LogP contribution is 2.38. The summed E-state index contributed by atoms with van der Waals surface area (Å²) < 4.78 is 2.26. The van der Waals surface area contributed by atoms with Gasteiger partial charge < -0.3 is 0 Å². The minimum atomic E-state index is 0.949. The van der Waals surface area contributed by atoms with Gasteiger partial charge in [-0.15, -0.1) is 0 Å². The second-order valence-electron chi connectivity index (χ2n) is 10.0. The van der Waals surface area contributed by atoms with E-state index >= 15 is 0 Å². The van der Waals surface area contributed by atoms with E-state index in [1.165, 1.54) is 43.4 Å². The Morgan fingerprint density at radius 1 is 0.385 bits per heavy atom. The van der Waals surface area contributed by atoms with Crippen LogP contribution in [0.5, 0.6) is 0 Å². The molecular formula is C37H24N2. The number of nitrogens with zero attached hydrogens (tertiary/aromatic N) is 2. The third-order valence-electron chi connectivity index (χ3n) is 7.78. The summed E-state index contributed by atoms with van der Waals surface area (Å²) in [4.78, 5) is 5.16. The topological polar surface area (TPSA) is 17.8 Å². The zero-order chi connectivity index (χ0) is 25.8. The maximum absolute atomic E-state index is 5.16. The molecule has 0 aliphatic heterocycles. The molecule has 0 bridgehead atoms. The Hall–Kier alpha value is -5.21. The maximum atomic E-state index is 5.16. The van der Waals surface area contributed by atoms with E-state index in [4.69, 9.17) is 4.98 Å². The molecule has 0 unspecified atom stereocenters. The van der Waals surface area contributed by atoms with Gasteiger partial charge in [0, 0.05) is 11.3 Å². The second-order valence-corrected chi connectivity index (χ2v) is 10.0. The number of fused-ring (bicyclic) bond motifs is 7. The Kier molecular flexibility index (Phi) is 4.86. The van der Waals surface area contributed by atoms with Crippen LogP contribution in [-0.4, -0.2) is 9.55 Å². The molecule has 0 N–H and O–H groups in total. The predicted octanol–water partition coefficient (Wildman–Crippen LogP) is 9.82. The lowest BCUT2D eigenvalue weighted by Crippen LogP contribution is -1.97. The first-order chi connectivity index (χ1) is 19.3. The van der Waals surface area contributed by atoms with Crippen molar-refractivity contribution in [3.8, 4) is 28.2 Å². The summed E-state index contributed by atoms with van der Waals surface area (Å²) in [5.74, 6) is 0.949. The zero-order valence-electron chi connectivity index (χ0n) is 21.3. The Balaban J connectivity index is 1.36. The summed E-state index contributed by atoms with van der Waals surface area (Å²) in [5, 5.41) is 7.74. The van der Waals surface area contributed by atoms with Crippen molar-refractivity contribution >= 4 is 43.4 Å². The molecule has 39 heavy (non-hydrogen) atoms. The van der Waals surface area contributed by atoms with Crippen LogP contribution in [-0.2, 0) is 0 Å². The van der Waals surface area contributed by atoms with Gasteiger partial charge in [0.1, 0.15) is 5.82 Å². The predicted molar refractivity (Wildman–Crippen MR) is 164 cm³/mol. The van der Waals surface area contributed by atoms with Crippen LogP contribution in [0.1, 0.15) is 0 Å². The fraction of sp³-hybridized carbons (Fsp3) is 0. The molecular weight excluding hydrogens is 472 g/mol. The van der Waals surface area contributed by atoms with Gasteiger partial charge in [-0.2, -0.15) is 0 Å². The molecule has 1 heterocycles. The van der Waals surface area contributed by atoms with E-state index in [9.17, 15) is 0 Å². The molecule has 0 saturated carbocycles. The molecule has 0 aliphatic carbocycles. The standard InChI is InChI=1S/C37H24N2/c1-3-11-25(12-4-1)37-38-35-24-27(20-22-36(35)39(37)28-13-5-2-6-14-28)26-19-21-33-31-17-8-7-15-29(31)30-16-9-10-18-32(30)34(33)23-26/h1-24H. The zero-order valence-corrected chi connectivity index (χ0v) is 21.3. The monoisotopic (exact) mass is 496 g/mol. The number of benzene rings is 7. The molecule has 0 fully saturated rings. The van der Waals surface area contributed by atoms with Gasteiger partial charge in [0.2, 0.25) is 0 Å². The molecule has 0 aliphatic rings. The largest absolute Gasteiger partial charge is 0.292 e. The number of imidazole rings is 1. The summed E-state index contributed by atoms with van der Waals surface area (Å²) in [5.41, 5.74) is 6.65. The highest BCUT2D eigenvalue weighted by atomic mass is 15.1. The molecule has 8 rings (SSSR count). The number of rotatable bonds is 3. The van der Waals surface area contributed by atoms with Crippen LogP contribution in [0.15, 0.2) is 146 Å². The van der Waals surface area contributed by atoms with E-state index in [2.05, 4.69) is 144 Å². The van der Waals surface area contributed by atoms with Crippen LogP contribution in [0.2, 0.25) is 0 Å². The van der Waals surface area contributed by atoms with Gasteiger partial charge in [-0.25, -0.2) is 4.98 Å². The molecule has 182 valence electrons. The third-order valence-corrected chi connectivity index (χ3v) is 7.78. The SMILES string of the molecule is c1ccc(-c2nc3cc(-c4ccc5c6ccccc6c6ccccc6c5c4)ccc3n2-c2ccccc2)cc1. The molecule has 2 nitrogen and oxygen atoms in total. The molecule has 0 spiro atoms. The highest BCUT2D eigenvalue weighted by Gasteiger charge is 2.16. The van der Waals surface area contributed by atoms with Gasteiger partial charge in [0.05, 0.1) is 11.0 Å². The van der Waals surface area contributed by atoms with E-state index in [0.717, 1.165) is 28.1 Å². The van der Waals surface area contributed by atoms with Crippen LogP contribution in [0.3, 0.4) is 0 Å². The molecule has 0 radical (unpaired) electrons. The Bertz CT molecular complexity index is 2120.